The quantitative estimate of drug-likeness (QED) is 0.793. The van der Waals surface area contributed by atoms with Gasteiger partial charge in [0.2, 0.25) is 5.91 Å². The number of amides is 1. The lowest BCUT2D eigenvalue weighted by molar-refractivity contribution is -0.132. The molecule has 1 aromatic heterocycles. The average molecular weight is 222 g/mol. The zero-order valence-corrected chi connectivity index (χ0v) is 9.39. The van der Waals surface area contributed by atoms with Crippen LogP contribution in [-0.4, -0.2) is 23.4 Å². The van der Waals surface area contributed by atoms with Gasteiger partial charge in [0.15, 0.2) is 0 Å². The number of nitrogens with zero attached hydrogens (tertiary/aromatic N) is 1. The van der Waals surface area contributed by atoms with E-state index in [1.807, 2.05) is 17.0 Å². The number of rotatable bonds is 6. The van der Waals surface area contributed by atoms with Gasteiger partial charge in [-0.3, -0.25) is 4.79 Å². The molecule has 1 amide bonds. The fourth-order valence-corrected chi connectivity index (χ4v) is 1.77. The number of furan rings is 1. The molecule has 4 heteroatoms. The molecule has 0 bridgehead atoms. The predicted molar refractivity (Wildman–Crippen MR) is 60.6 cm³/mol. The summed E-state index contributed by atoms with van der Waals surface area (Å²) in [4.78, 5) is 13.9. The maximum Gasteiger partial charge on any atom is 0.223 e. The molecule has 0 radical (unpaired) electrons. The van der Waals surface area contributed by atoms with Crippen LogP contribution in [0, 0.1) is 0 Å². The minimum absolute atomic E-state index is 0.198. The molecule has 0 atom stereocenters. The maximum atomic E-state index is 11.9. The van der Waals surface area contributed by atoms with Crippen LogP contribution in [0.3, 0.4) is 0 Å². The Kier molecular flexibility index (Phi) is 3.62. The minimum atomic E-state index is 0.198. The van der Waals surface area contributed by atoms with Crippen molar-refractivity contribution in [3.05, 3.63) is 24.2 Å². The van der Waals surface area contributed by atoms with E-state index >= 15 is 0 Å². The molecule has 1 aliphatic rings. The number of hydrogen-bond donors (Lipinski definition) is 1. The molecule has 4 nitrogen and oxygen atoms in total. The van der Waals surface area contributed by atoms with Crippen LogP contribution in [-0.2, 0) is 11.3 Å². The molecule has 0 unspecified atom stereocenters. The lowest BCUT2D eigenvalue weighted by Gasteiger charge is -2.21. The van der Waals surface area contributed by atoms with E-state index in [4.69, 9.17) is 10.2 Å². The summed E-state index contributed by atoms with van der Waals surface area (Å²) < 4.78 is 5.28. The average Bonchev–Trinajstić information content (AvgIpc) is 3.00. The molecular weight excluding hydrogens is 204 g/mol. The van der Waals surface area contributed by atoms with Crippen molar-refractivity contribution in [1.82, 2.24) is 4.90 Å². The molecule has 0 saturated heterocycles. The molecule has 1 aliphatic carbocycles. The van der Waals surface area contributed by atoms with Gasteiger partial charge in [-0.15, -0.1) is 0 Å². The highest BCUT2D eigenvalue weighted by molar-refractivity contribution is 5.76. The van der Waals surface area contributed by atoms with Gasteiger partial charge in [0, 0.05) is 12.5 Å². The van der Waals surface area contributed by atoms with E-state index in [2.05, 4.69) is 0 Å². The van der Waals surface area contributed by atoms with Crippen molar-refractivity contribution in [2.45, 2.75) is 38.3 Å². The molecular formula is C12H18N2O2. The number of nitrogens with two attached hydrogens (primary N) is 1. The summed E-state index contributed by atoms with van der Waals surface area (Å²) >= 11 is 0. The summed E-state index contributed by atoms with van der Waals surface area (Å²) in [6.45, 7) is 1.17. The van der Waals surface area contributed by atoms with E-state index in [1.54, 1.807) is 6.26 Å². The fourth-order valence-electron chi connectivity index (χ4n) is 1.77. The van der Waals surface area contributed by atoms with Crippen LogP contribution in [0.1, 0.15) is 31.4 Å². The Labute approximate surface area is 95.4 Å². The van der Waals surface area contributed by atoms with Crippen molar-refractivity contribution in [3.8, 4) is 0 Å². The molecule has 2 rings (SSSR count). The summed E-state index contributed by atoms with van der Waals surface area (Å²) in [7, 11) is 0. The SMILES string of the molecule is NCCCC(=O)N(Cc1ccco1)C1CC1. The first-order valence-corrected chi connectivity index (χ1v) is 5.83. The number of carbonyl (C=O) groups is 1. The smallest absolute Gasteiger partial charge is 0.223 e. The lowest BCUT2D eigenvalue weighted by atomic mass is 10.2. The monoisotopic (exact) mass is 222 g/mol. The molecule has 1 fully saturated rings. The first-order valence-electron chi connectivity index (χ1n) is 5.83. The summed E-state index contributed by atoms with van der Waals surface area (Å²) in [6.07, 6.45) is 5.20. The highest BCUT2D eigenvalue weighted by Gasteiger charge is 2.32. The molecule has 1 heterocycles. The molecule has 1 saturated carbocycles. The van der Waals surface area contributed by atoms with Crippen LogP contribution < -0.4 is 5.73 Å². The zero-order valence-electron chi connectivity index (χ0n) is 9.39. The Morgan fingerprint density at radius 2 is 2.38 bits per heavy atom. The van der Waals surface area contributed by atoms with Gasteiger partial charge in [-0.25, -0.2) is 0 Å². The highest BCUT2D eigenvalue weighted by Crippen LogP contribution is 2.29. The van der Waals surface area contributed by atoms with Crippen LogP contribution in [0.15, 0.2) is 22.8 Å². The van der Waals surface area contributed by atoms with Crippen molar-refractivity contribution >= 4 is 5.91 Å². The Hall–Kier alpha value is -1.29. The van der Waals surface area contributed by atoms with E-state index < -0.39 is 0 Å². The van der Waals surface area contributed by atoms with Crippen molar-refractivity contribution in [2.24, 2.45) is 5.73 Å². The molecule has 88 valence electrons. The largest absolute Gasteiger partial charge is 0.467 e. The van der Waals surface area contributed by atoms with Crippen LogP contribution in [0.4, 0.5) is 0 Å². The molecule has 0 aromatic carbocycles. The van der Waals surface area contributed by atoms with Crippen LogP contribution in [0.25, 0.3) is 0 Å². The van der Waals surface area contributed by atoms with E-state index in [-0.39, 0.29) is 5.91 Å². The second-order valence-electron chi connectivity index (χ2n) is 4.22. The van der Waals surface area contributed by atoms with E-state index in [0.717, 1.165) is 25.0 Å². The Bertz CT molecular complexity index is 331. The van der Waals surface area contributed by atoms with Crippen molar-refractivity contribution in [3.63, 3.8) is 0 Å². The topological polar surface area (TPSA) is 59.5 Å². The Morgan fingerprint density at radius 1 is 1.56 bits per heavy atom. The Balaban J connectivity index is 1.92. The minimum Gasteiger partial charge on any atom is -0.467 e. The summed E-state index contributed by atoms with van der Waals surface area (Å²) in [6, 6.07) is 4.19. The normalized spacial score (nSPS) is 15.1. The zero-order chi connectivity index (χ0) is 11.4. The predicted octanol–water partition coefficient (Wildman–Crippen LogP) is 1.51. The first-order chi connectivity index (χ1) is 7.81. The van der Waals surface area contributed by atoms with E-state index in [1.165, 1.54) is 0 Å². The molecule has 1 aromatic rings. The third-order valence-corrected chi connectivity index (χ3v) is 2.81. The van der Waals surface area contributed by atoms with Crippen molar-refractivity contribution < 1.29 is 9.21 Å². The third kappa shape index (κ3) is 2.85. The third-order valence-electron chi connectivity index (χ3n) is 2.81. The highest BCUT2D eigenvalue weighted by atomic mass is 16.3. The van der Waals surface area contributed by atoms with Crippen LogP contribution >= 0.6 is 0 Å². The van der Waals surface area contributed by atoms with Crippen LogP contribution in [0.2, 0.25) is 0 Å². The van der Waals surface area contributed by atoms with Gasteiger partial charge >= 0.3 is 0 Å². The van der Waals surface area contributed by atoms with E-state index in [0.29, 0.717) is 25.6 Å². The van der Waals surface area contributed by atoms with Crippen molar-refractivity contribution in [1.29, 1.82) is 0 Å². The summed E-state index contributed by atoms with van der Waals surface area (Å²) in [5.74, 6) is 1.05. The van der Waals surface area contributed by atoms with Gasteiger partial charge in [-0.2, -0.15) is 0 Å². The fraction of sp³-hybridized carbons (Fsp3) is 0.583. The van der Waals surface area contributed by atoms with Gasteiger partial charge in [-0.1, -0.05) is 0 Å². The molecule has 0 aliphatic heterocycles. The number of carbonyl (C=O) groups excluding carboxylic acids is 1. The lowest BCUT2D eigenvalue weighted by Crippen LogP contribution is -2.32. The van der Waals surface area contributed by atoms with Crippen molar-refractivity contribution in [2.75, 3.05) is 6.54 Å². The second kappa shape index (κ2) is 5.16. The second-order valence-corrected chi connectivity index (χ2v) is 4.22. The number of hydrogen-bond acceptors (Lipinski definition) is 3. The van der Waals surface area contributed by atoms with Gasteiger partial charge < -0.3 is 15.1 Å². The molecule has 0 spiro atoms. The van der Waals surface area contributed by atoms with Crippen LogP contribution in [0.5, 0.6) is 0 Å². The summed E-state index contributed by atoms with van der Waals surface area (Å²) in [5, 5.41) is 0. The molecule has 2 N–H and O–H groups in total. The summed E-state index contributed by atoms with van der Waals surface area (Å²) in [5.41, 5.74) is 5.42. The van der Waals surface area contributed by atoms with Gasteiger partial charge in [-0.05, 0) is 37.9 Å². The maximum absolute atomic E-state index is 11.9. The Morgan fingerprint density at radius 3 is 2.94 bits per heavy atom. The first kappa shape index (κ1) is 11.2. The van der Waals surface area contributed by atoms with E-state index in [9.17, 15) is 4.79 Å². The standard InChI is InChI=1S/C12H18N2O2/c13-7-1-4-12(15)14(10-5-6-10)9-11-3-2-8-16-11/h2-3,8,10H,1,4-7,9,13H2. The van der Waals surface area contributed by atoms with Gasteiger partial charge in [0.1, 0.15) is 5.76 Å². The molecule has 16 heavy (non-hydrogen) atoms. The van der Waals surface area contributed by atoms with Gasteiger partial charge in [0.05, 0.1) is 12.8 Å². The van der Waals surface area contributed by atoms with Gasteiger partial charge in [0.25, 0.3) is 0 Å².